The average Bonchev–Trinajstić information content (AvgIpc) is 2.23. The Morgan fingerprint density at radius 1 is 1.40 bits per heavy atom. The highest BCUT2D eigenvalue weighted by molar-refractivity contribution is 9.10. The summed E-state index contributed by atoms with van der Waals surface area (Å²) in [6, 6.07) is 5.30. The van der Waals surface area contributed by atoms with Crippen LogP contribution in [-0.4, -0.2) is 17.0 Å². The van der Waals surface area contributed by atoms with E-state index in [4.69, 9.17) is 7.10 Å². The Morgan fingerprint density at radius 3 is 2.73 bits per heavy atom. The Bertz CT molecular complexity index is 456. The highest BCUT2D eigenvalue weighted by Crippen LogP contribution is 2.27. The van der Waals surface area contributed by atoms with Crippen molar-refractivity contribution in [3.63, 3.8) is 0 Å². The largest absolute Gasteiger partial charge is 0.368 e. The molecule has 5 heteroatoms. The van der Waals surface area contributed by atoms with Gasteiger partial charge < -0.3 is 5.73 Å². The number of halogens is 2. The van der Waals surface area contributed by atoms with Gasteiger partial charge in [0.1, 0.15) is 5.82 Å². The van der Waals surface area contributed by atoms with Crippen LogP contribution in [0.15, 0.2) is 34.3 Å². The first-order chi connectivity index (χ1) is 7.49. The molecule has 0 spiro atoms. The number of nitrogens with zero attached hydrogens (tertiary/aromatic N) is 2. The molecule has 3 nitrogen and oxygen atoms in total. The maximum absolute atomic E-state index is 12.8. The molecule has 1 aliphatic rings. The second-order valence-electron chi connectivity index (χ2n) is 3.08. The summed E-state index contributed by atoms with van der Waals surface area (Å²) in [6.07, 6.45) is 1.38. The van der Waals surface area contributed by atoms with Crippen molar-refractivity contribution in [1.82, 2.24) is 0 Å². The molecule has 0 fully saturated rings. The number of aliphatic imine (C=N–C) groups is 2. The lowest BCUT2D eigenvalue weighted by Crippen LogP contribution is -2.23. The lowest BCUT2D eigenvalue weighted by Gasteiger charge is -2.19. The highest BCUT2D eigenvalue weighted by Gasteiger charge is 2.21. The maximum Gasteiger partial charge on any atom is 0.215 e. The lowest BCUT2D eigenvalue weighted by molar-refractivity contribution is 0.625. The first-order valence-corrected chi connectivity index (χ1v) is 5.11. The van der Waals surface area contributed by atoms with Gasteiger partial charge in [-0.1, -0.05) is 28.1 Å². The molecule has 0 radical (unpaired) electrons. The molecule has 0 amide bonds. The Hall–Kier alpha value is -1.23. The van der Waals surface area contributed by atoms with E-state index in [0.717, 1.165) is 0 Å². The van der Waals surface area contributed by atoms with Crippen LogP contribution >= 0.6 is 15.9 Å². The first kappa shape index (κ1) is 9.03. The summed E-state index contributed by atoms with van der Waals surface area (Å²) in [4.78, 5) is 6.70. The third-order valence-electron chi connectivity index (χ3n) is 2.03. The van der Waals surface area contributed by atoms with Gasteiger partial charge in [0.15, 0.2) is 0 Å². The molecule has 1 aromatic rings. The number of nitrogens with two attached hydrogens (primary N) is 1. The molecule has 1 aliphatic heterocycles. The fraction of sp³-hybridized carbons (Fsp3) is 0.200. The molecule has 2 unspecified atom stereocenters. The molecular weight excluding hydrogens is 261 g/mol. The van der Waals surface area contributed by atoms with Crippen LogP contribution in [0.3, 0.4) is 0 Å². The number of rotatable bonds is 1. The minimum Gasteiger partial charge on any atom is -0.368 e. The van der Waals surface area contributed by atoms with Crippen LogP contribution in [0.1, 0.15) is 13.0 Å². The summed E-state index contributed by atoms with van der Waals surface area (Å²) in [5.74, 6) is -0.202. The fourth-order valence-electron chi connectivity index (χ4n) is 1.30. The van der Waals surface area contributed by atoms with E-state index in [1.54, 1.807) is 12.1 Å². The predicted molar refractivity (Wildman–Crippen MR) is 62.0 cm³/mol. The van der Waals surface area contributed by atoms with Crippen molar-refractivity contribution in [3.8, 4) is 0 Å². The zero-order valence-electron chi connectivity index (χ0n) is 8.69. The molecule has 0 saturated carbocycles. The van der Waals surface area contributed by atoms with Gasteiger partial charge in [-0.25, -0.2) is 14.4 Å². The summed E-state index contributed by atoms with van der Waals surface area (Å²) in [7, 11) is 0. The molecule has 1 heterocycles. The monoisotopic (exact) mass is 270 g/mol. The molecule has 2 atom stereocenters. The maximum atomic E-state index is 12.8. The second-order valence-corrected chi connectivity index (χ2v) is 4.00. The van der Waals surface area contributed by atoms with Crippen LogP contribution in [-0.2, 0) is 0 Å². The van der Waals surface area contributed by atoms with E-state index >= 15 is 0 Å². The van der Waals surface area contributed by atoms with Crippen molar-refractivity contribution in [2.75, 3.05) is 0 Å². The zero-order chi connectivity index (χ0) is 11.8. The standard InChI is InChI=1S/C10H9BrFN3/c11-8-5-14-10(13)15-9(8)6-1-3-7(12)4-2-6/h1-5,8-9H,(H2,13,15)/i8D. The number of hydrogen-bond donors (Lipinski definition) is 1. The van der Waals surface area contributed by atoms with Crippen LogP contribution in [0.25, 0.3) is 0 Å². The first-order valence-electron chi connectivity index (χ1n) is 4.82. The van der Waals surface area contributed by atoms with Crippen LogP contribution in [0.4, 0.5) is 4.39 Å². The lowest BCUT2D eigenvalue weighted by atomic mass is 10.0. The number of alkyl halides is 1. The summed E-state index contributed by atoms with van der Waals surface area (Å²) < 4.78 is 20.8. The summed E-state index contributed by atoms with van der Waals surface area (Å²) in [5, 5.41) is 0. The van der Waals surface area contributed by atoms with E-state index < -0.39 is 10.8 Å². The van der Waals surface area contributed by atoms with E-state index in [9.17, 15) is 4.39 Å². The van der Waals surface area contributed by atoms with Crippen LogP contribution < -0.4 is 5.73 Å². The molecule has 0 bridgehead atoms. The Labute approximate surface area is 96.5 Å². The van der Waals surface area contributed by atoms with Gasteiger partial charge in [0, 0.05) is 6.21 Å². The Kier molecular flexibility index (Phi) is 2.47. The van der Waals surface area contributed by atoms with Crippen LogP contribution in [0.2, 0.25) is 0 Å². The molecule has 15 heavy (non-hydrogen) atoms. The summed E-state index contributed by atoms with van der Waals surface area (Å²) in [6.45, 7) is 0. The van der Waals surface area contributed by atoms with Gasteiger partial charge in [-0.3, -0.25) is 0 Å². The van der Waals surface area contributed by atoms with Crippen molar-refractivity contribution < 1.29 is 5.76 Å². The third kappa shape index (κ3) is 2.23. The van der Waals surface area contributed by atoms with Crippen LogP contribution in [0.5, 0.6) is 0 Å². The molecule has 0 aliphatic carbocycles. The fourth-order valence-corrected chi connectivity index (χ4v) is 1.77. The van der Waals surface area contributed by atoms with Crippen molar-refractivity contribution in [2.45, 2.75) is 10.8 Å². The van der Waals surface area contributed by atoms with Gasteiger partial charge in [-0.05, 0) is 17.7 Å². The van der Waals surface area contributed by atoms with Crippen molar-refractivity contribution in [2.24, 2.45) is 15.7 Å². The molecule has 78 valence electrons. The van der Waals surface area contributed by atoms with Gasteiger partial charge in [0.2, 0.25) is 5.96 Å². The third-order valence-corrected chi connectivity index (χ3v) is 2.67. The Balaban J connectivity index is 2.39. The zero-order valence-corrected chi connectivity index (χ0v) is 9.28. The predicted octanol–water partition coefficient (Wildman–Crippen LogP) is 2.03. The summed E-state index contributed by atoms with van der Waals surface area (Å²) in [5.41, 5.74) is 6.20. The van der Waals surface area contributed by atoms with E-state index in [-0.39, 0.29) is 11.8 Å². The van der Waals surface area contributed by atoms with E-state index in [1.165, 1.54) is 18.3 Å². The van der Waals surface area contributed by atoms with Gasteiger partial charge in [-0.2, -0.15) is 0 Å². The Morgan fingerprint density at radius 2 is 2.07 bits per heavy atom. The van der Waals surface area contributed by atoms with Crippen LogP contribution in [0, 0.1) is 5.82 Å². The van der Waals surface area contributed by atoms with Crippen molar-refractivity contribution >= 4 is 28.1 Å². The normalized spacial score (nSPS) is 30.9. The number of hydrogen-bond acceptors (Lipinski definition) is 3. The molecular formula is C10H9BrFN3. The van der Waals surface area contributed by atoms with E-state index in [1.807, 2.05) is 0 Å². The summed E-state index contributed by atoms with van der Waals surface area (Å²) >= 11 is 3.20. The smallest absolute Gasteiger partial charge is 0.215 e. The molecule has 0 aromatic heterocycles. The highest BCUT2D eigenvalue weighted by atomic mass is 79.9. The van der Waals surface area contributed by atoms with Crippen molar-refractivity contribution in [1.29, 1.82) is 0 Å². The van der Waals surface area contributed by atoms with E-state index in [0.29, 0.717) is 5.56 Å². The minimum absolute atomic E-state index is 0.122. The average molecular weight is 271 g/mol. The van der Waals surface area contributed by atoms with Gasteiger partial charge in [0.25, 0.3) is 0 Å². The molecule has 1 aromatic carbocycles. The van der Waals surface area contributed by atoms with E-state index in [2.05, 4.69) is 25.9 Å². The molecule has 2 rings (SSSR count). The van der Waals surface area contributed by atoms with Gasteiger partial charge >= 0.3 is 0 Å². The van der Waals surface area contributed by atoms with Crippen molar-refractivity contribution in [3.05, 3.63) is 35.6 Å². The minimum atomic E-state index is -1.15. The molecule has 2 N–H and O–H groups in total. The van der Waals surface area contributed by atoms with Gasteiger partial charge in [-0.15, -0.1) is 0 Å². The number of guanidine groups is 1. The molecule has 0 saturated heterocycles. The van der Waals surface area contributed by atoms with Gasteiger partial charge in [0.05, 0.1) is 12.2 Å². The number of benzene rings is 1. The topological polar surface area (TPSA) is 50.7 Å². The second kappa shape index (κ2) is 4.10. The quantitative estimate of drug-likeness (QED) is 0.780. The SMILES string of the molecule is [2H]C1(Br)C=NC(N)=NC1c1ccc(F)cc1.